The summed E-state index contributed by atoms with van der Waals surface area (Å²) in [6, 6.07) is 18.5. The van der Waals surface area contributed by atoms with E-state index in [2.05, 4.69) is 10.3 Å². The standard InChI is InChI=1S/C19H15N3O3/c23-18(21-17-10-9-13-5-1-2-6-14(13)20-17)11-12-22-15-7-3-4-8-16(15)25-19(22)24/h1-10H,11-12H2,(H,20,21,23). The molecule has 1 N–H and O–H groups in total. The third kappa shape index (κ3) is 3.01. The zero-order valence-electron chi connectivity index (χ0n) is 13.3. The Hall–Kier alpha value is -3.41. The number of amides is 1. The number of fused-ring (bicyclic) bond motifs is 2. The number of anilines is 1. The van der Waals surface area contributed by atoms with E-state index in [0.717, 1.165) is 10.9 Å². The Morgan fingerprint density at radius 2 is 1.84 bits per heavy atom. The fraction of sp³-hybridized carbons (Fsp3) is 0.105. The van der Waals surface area contributed by atoms with Crippen molar-refractivity contribution in [1.82, 2.24) is 9.55 Å². The number of nitrogens with one attached hydrogen (secondary N) is 1. The molecule has 0 radical (unpaired) electrons. The molecule has 2 aromatic heterocycles. The molecule has 2 heterocycles. The molecular formula is C19H15N3O3. The van der Waals surface area contributed by atoms with Crippen molar-refractivity contribution in [1.29, 1.82) is 0 Å². The zero-order valence-corrected chi connectivity index (χ0v) is 13.3. The van der Waals surface area contributed by atoms with Gasteiger partial charge in [-0.3, -0.25) is 9.36 Å². The molecule has 1 amide bonds. The Morgan fingerprint density at radius 3 is 2.76 bits per heavy atom. The Balaban J connectivity index is 1.48. The molecule has 0 saturated carbocycles. The van der Waals surface area contributed by atoms with Crippen LogP contribution in [0.4, 0.5) is 5.82 Å². The summed E-state index contributed by atoms with van der Waals surface area (Å²) < 4.78 is 6.62. The Kier molecular flexibility index (Phi) is 3.78. The highest BCUT2D eigenvalue weighted by atomic mass is 16.4. The number of nitrogens with zero attached hydrogens (tertiary/aromatic N) is 2. The second-order valence-electron chi connectivity index (χ2n) is 5.67. The largest absolute Gasteiger partial charge is 0.419 e. The van der Waals surface area contributed by atoms with Gasteiger partial charge in [-0.1, -0.05) is 30.3 Å². The van der Waals surface area contributed by atoms with Crippen LogP contribution in [0.5, 0.6) is 0 Å². The fourth-order valence-electron chi connectivity index (χ4n) is 2.78. The van der Waals surface area contributed by atoms with E-state index in [4.69, 9.17) is 4.42 Å². The summed E-state index contributed by atoms with van der Waals surface area (Å²) in [6.07, 6.45) is 0.151. The van der Waals surface area contributed by atoms with Crippen molar-refractivity contribution in [2.75, 3.05) is 5.32 Å². The lowest BCUT2D eigenvalue weighted by molar-refractivity contribution is -0.116. The summed E-state index contributed by atoms with van der Waals surface area (Å²) in [4.78, 5) is 28.5. The average molecular weight is 333 g/mol. The van der Waals surface area contributed by atoms with E-state index in [1.807, 2.05) is 36.4 Å². The number of hydrogen-bond donors (Lipinski definition) is 1. The van der Waals surface area contributed by atoms with Gasteiger partial charge >= 0.3 is 5.76 Å². The average Bonchev–Trinajstić information content (AvgIpc) is 2.95. The first-order valence-corrected chi connectivity index (χ1v) is 7.95. The van der Waals surface area contributed by atoms with Crippen LogP contribution in [-0.4, -0.2) is 15.5 Å². The number of rotatable bonds is 4. The van der Waals surface area contributed by atoms with E-state index >= 15 is 0 Å². The number of carbonyl (C=O) groups excluding carboxylic acids is 1. The first kappa shape index (κ1) is 15.1. The lowest BCUT2D eigenvalue weighted by Gasteiger charge is -2.06. The number of carbonyl (C=O) groups is 1. The highest BCUT2D eigenvalue weighted by Crippen LogP contribution is 2.15. The topological polar surface area (TPSA) is 77.1 Å². The predicted octanol–water partition coefficient (Wildman–Crippen LogP) is 3.17. The number of oxazole rings is 1. The molecular weight excluding hydrogens is 318 g/mol. The lowest BCUT2D eigenvalue weighted by Crippen LogP contribution is -2.20. The van der Waals surface area contributed by atoms with Gasteiger partial charge in [-0.25, -0.2) is 9.78 Å². The van der Waals surface area contributed by atoms with Crippen molar-refractivity contribution in [3.8, 4) is 0 Å². The SMILES string of the molecule is O=C(CCn1c(=O)oc2ccccc21)Nc1ccc2ccccc2n1. The predicted molar refractivity (Wildman–Crippen MR) is 95.5 cm³/mol. The van der Waals surface area contributed by atoms with Crippen molar-refractivity contribution in [3.05, 3.63) is 71.2 Å². The second kappa shape index (κ2) is 6.24. The molecule has 6 nitrogen and oxygen atoms in total. The van der Waals surface area contributed by atoms with Crippen molar-refractivity contribution in [3.63, 3.8) is 0 Å². The monoisotopic (exact) mass is 333 g/mol. The van der Waals surface area contributed by atoms with Crippen molar-refractivity contribution < 1.29 is 9.21 Å². The molecule has 0 spiro atoms. The molecule has 0 aliphatic carbocycles. The molecule has 0 bridgehead atoms. The maximum atomic E-state index is 12.2. The summed E-state index contributed by atoms with van der Waals surface area (Å²) >= 11 is 0. The summed E-state index contributed by atoms with van der Waals surface area (Å²) in [6.45, 7) is 0.245. The maximum absolute atomic E-state index is 12.2. The van der Waals surface area contributed by atoms with E-state index in [-0.39, 0.29) is 18.9 Å². The van der Waals surface area contributed by atoms with Crippen molar-refractivity contribution >= 4 is 33.7 Å². The van der Waals surface area contributed by atoms with Crippen molar-refractivity contribution in [2.24, 2.45) is 0 Å². The van der Waals surface area contributed by atoms with Gasteiger partial charge in [-0.05, 0) is 30.3 Å². The number of aryl methyl sites for hydroxylation is 1. The van der Waals surface area contributed by atoms with E-state index in [1.165, 1.54) is 4.57 Å². The molecule has 2 aromatic carbocycles. The van der Waals surface area contributed by atoms with Gasteiger partial charge in [-0.15, -0.1) is 0 Å². The van der Waals surface area contributed by atoms with Crippen molar-refractivity contribution in [2.45, 2.75) is 13.0 Å². The van der Waals surface area contributed by atoms with Gasteiger partial charge in [-0.2, -0.15) is 0 Å². The van der Waals surface area contributed by atoms with Crippen LogP contribution in [-0.2, 0) is 11.3 Å². The normalized spacial score (nSPS) is 11.0. The minimum absolute atomic E-state index is 0.151. The van der Waals surface area contributed by atoms with E-state index in [0.29, 0.717) is 16.9 Å². The van der Waals surface area contributed by atoms with Crippen LogP contribution in [0.3, 0.4) is 0 Å². The third-order valence-electron chi connectivity index (χ3n) is 4.00. The summed E-state index contributed by atoms with van der Waals surface area (Å²) in [7, 11) is 0. The van der Waals surface area contributed by atoms with Crippen LogP contribution in [0, 0.1) is 0 Å². The van der Waals surface area contributed by atoms with Gasteiger partial charge in [0.05, 0.1) is 11.0 Å². The Bertz CT molecular complexity index is 1130. The molecule has 0 aliphatic rings. The fourth-order valence-corrected chi connectivity index (χ4v) is 2.78. The first-order chi connectivity index (χ1) is 12.2. The maximum Gasteiger partial charge on any atom is 0.419 e. The van der Waals surface area contributed by atoms with Gasteiger partial charge < -0.3 is 9.73 Å². The molecule has 4 aromatic rings. The number of hydrogen-bond acceptors (Lipinski definition) is 4. The van der Waals surface area contributed by atoms with Gasteiger partial charge in [0.1, 0.15) is 5.82 Å². The smallest absolute Gasteiger partial charge is 0.408 e. The molecule has 0 atom stereocenters. The molecule has 0 saturated heterocycles. The number of pyridine rings is 1. The van der Waals surface area contributed by atoms with Crippen LogP contribution in [0.25, 0.3) is 22.0 Å². The number of para-hydroxylation sites is 3. The second-order valence-corrected chi connectivity index (χ2v) is 5.67. The van der Waals surface area contributed by atoms with Crippen LogP contribution >= 0.6 is 0 Å². The molecule has 4 rings (SSSR count). The molecule has 0 unspecified atom stereocenters. The van der Waals surface area contributed by atoms with Gasteiger partial charge in [0, 0.05) is 18.4 Å². The van der Waals surface area contributed by atoms with E-state index in [1.54, 1.807) is 24.3 Å². The van der Waals surface area contributed by atoms with Gasteiger partial charge in [0.2, 0.25) is 5.91 Å². The Morgan fingerprint density at radius 1 is 1.04 bits per heavy atom. The van der Waals surface area contributed by atoms with Crippen LogP contribution < -0.4 is 11.1 Å². The Labute approximate surface area is 142 Å². The minimum Gasteiger partial charge on any atom is -0.408 e. The quantitative estimate of drug-likeness (QED) is 0.622. The molecule has 6 heteroatoms. The molecule has 25 heavy (non-hydrogen) atoms. The van der Waals surface area contributed by atoms with Crippen LogP contribution in [0.1, 0.15) is 6.42 Å². The first-order valence-electron chi connectivity index (χ1n) is 7.95. The zero-order chi connectivity index (χ0) is 17.2. The van der Waals surface area contributed by atoms with Crippen LogP contribution in [0.15, 0.2) is 69.9 Å². The lowest BCUT2D eigenvalue weighted by atomic mass is 10.2. The summed E-state index contributed by atoms with van der Waals surface area (Å²) in [5, 5.41) is 3.78. The number of aromatic nitrogens is 2. The molecule has 0 aliphatic heterocycles. The number of benzene rings is 2. The van der Waals surface area contributed by atoms with Gasteiger partial charge in [0.15, 0.2) is 5.58 Å². The van der Waals surface area contributed by atoms with Gasteiger partial charge in [0.25, 0.3) is 0 Å². The highest BCUT2D eigenvalue weighted by Gasteiger charge is 2.11. The third-order valence-corrected chi connectivity index (χ3v) is 4.00. The van der Waals surface area contributed by atoms with E-state index < -0.39 is 5.76 Å². The van der Waals surface area contributed by atoms with Crippen LogP contribution in [0.2, 0.25) is 0 Å². The highest BCUT2D eigenvalue weighted by molar-refractivity contribution is 5.91. The molecule has 0 fully saturated rings. The summed E-state index contributed by atoms with van der Waals surface area (Å²) in [5.74, 6) is -0.175. The summed E-state index contributed by atoms with van der Waals surface area (Å²) in [5.41, 5.74) is 2.02. The molecule has 124 valence electrons. The van der Waals surface area contributed by atoms with E-state index in [9.17, 15) is 9.59 Å². The minimum atomic E-state index is -0.460.